The summed E-state index contributed by atoms with van der Waals surface area (Å²) < 4.78 is 11.1. The van der Waals surface area contributed by atoms with Gasteiger partial charge in [-0.2, -0.15) is 0 Å². The monoisotopic (exact) mass is 150 g/mol. The standard InChI is InChI=1S/C6H15O2P/c1-4-6(3)9(7,8)5-2/h6H,4-5H2,1-3H3,(H,7,8). The molecule has 0 aliphatic carbocycles. The zero-order chi connectivity index (χ0) is 7.49. The summed E-state index contributed by atoms with van der Waals surface area (Å²) >= 11 is 0. The molecule has 0 bridgehead atoms. The summed E-state index contributed by atoms with van der Waals surface area (Å²) in [4.78, 5) is 9.15. The van der Waals surface area contributed by atoms with E-state index in [0.29, 0.717) is 6.16 Å². The quantitative estimate of drug-likeness (QED) is 0.625. The van der Waals surface area contributed by atoms with Crippen molar-refractivity contribution in [2.75, 3.05) is 6.16 Å². The summed E-state index contributed by atoms with van der Waals surface area (Å²) in [5.74, 6) is 0. The van der Waals surface area contributed by atoms with Gasteiger partial charge in [0, 0.05) is 11.8 Å². The number of rotatable bonds is 3. The highest BCUT2D eigenvalue weighted by atomic mass is 31.2. The first-order valence-electron chi connectivity index (χ1n) is 3.36. The van der Waals surface area contributed by atoms with Crippen LogP contribution in [0.25, 0.3) is 0 Å². The van der Waals surface area contributed by atoms with Gasteiger partial charge in [-0.05, 0) is 6.42 Å². The van der Waals surface area contributed by atoms with Gasteiger partial charge in [-0.25, -0.2) is 0 Å². The molecule has 0 aromatic rings. The van der Waals surface area contributed by atoms with Gasteiger partial charge in [0.15, 0.2) is 0 Å². The van der Waals surface area contributed by atoms with Crippen molar-refractivity contribution in [1.29, 1.82) is 0 Å². The first-order chi connectivity index (χ1) is 4.04. The Morgan fingerprint density at radius 3 is 2.11 bits per heavy atom. The SMILES string of the molecule is CCC(C)P(=O)(O)CC. The lowest BCUT2D eigenvalue weighted by Gasteiger charge is -2.14. The van der Waals surface area contributed by atoms with Crippen molar-refractivity contribution < 1.29 is 9.46 Å². The van der Waals surface area contributed by atoms with E-state index in [1.165, 1.54) is 0 Å². The van der Waals surface area contributed by atoms with Gasteiger partial charge in [-0.1, -0.05) is 20.8 Å². The van der Waals surface area contributed by atoms with Crippen molar-refractivity contribution in [2.24, 2.45) is 0 Å². The fraction of sp³-hybridized carbons (Fsp3) is 1.00. The molecule has 0 saturated carbocycles. The lowest BCUT2D eigenvalue weighted by Crippen LogP contribution is -2.02. The largest absolute Gasteiger partial charge is 0.344 e. The van der Waals surface area contributed by atoms with E-state index in [9.17, 15) is 4.57 Å². The Kier molecular flexibility index (Phi) is 3.45. The molecule has 0 amide bonds. The van der Waals surface area contributed by atoms with E-state index >= 15 is 0 Å². The van der Waals surface area contributed by atoms with Crippen LogP contribution < -0.4 is 0 Å². The van der Waals surface area contributed by atoms with E-state index in [-0.39, 0.29) is 5.66 Å². The first-order valence-corrected chi connectivity index (χ1v) is 5.27. The van der Waals surface area contributed by atoms with Crippen molar-refractivity contribution in [3.05, 3.63) is 0 Å². The second-order valence-electron chi connectivity index (χ2n) is 2.33. The summed E-state index contributed by atoms with van der Waals surface area (Å²) in [6, 6.07) is 0. The predicted molar refractivity (Wildman–Crippen MR) is 40.1 cm³/mol. The van der Waals surface area contributed by atoms with Crippen LogP contribution in [0.2, 0.25) is 0 Å². The highest BCUT2D eigenvalue weighted by Crippen LogP contribution is 2.46. The molecule has 56 valence electrons. The molecule has 0 spiro atoms. The molecule has 0 saturated heterocycles. The molecule has 0 heterocycles. The Balaban J connectivity index is 3.98. The van der Waals surface area contributed by atoms with E-state index in [2.05, 4.69) is 0 Å². The van der Waals surface area contributed by atoms with Crippen molar-refractivity contribution in [3.8, 4) is 0 Å². The third-order valence-corrected chi connectivity index (χ3v) is 4.38. The second kappa shape index (κ2) is 3.38. The molecule has 2 nitrogen and oxygen atoms in total. The molecule has 0 rings (SSSR count). The zero-order valence-electron chi connectivity index (χ0n) is 6.29. The molecule has 0 fully saturated rings. The van der Waals surface area contributed by atoms with Gasteiger partial charge in [0.25, 0.3) is 0 Å². The van der Waals surface area contributed by atoms with Crippen molar-refractivity contribution in [2.45, 2.75) is 32.9 Å². The van der Waals surface area contributed by atoms with Crippen LogP contribution in [0.3, 0.4) is 0 Å². The van der Waals surface area contributed by atoms with E-state index in [1.807, 2.05) is 13.8 Å². The van der Waals surface area contributed by atoms with Crippen LogP contribution in [0.4, 0.5) is 0 Å². The Bertz CT molecular complexity index is 122. The minimum Gasteiger partial charge on any atom is -0.344 e. The minimum atomic E-state index is -2.76. The van der Waals surface area contributed by atoms with Gasteiger partial charge < -0.3 is 4.89 Å². The fourth-order valence-corrected chi connectivity index (χ4v) is 1.79. The van der Waals surface area contributed by atoms with E-state index in [0.717, 1.165) is 6.42 Å². The van der Waals surface area contributed by atoms with Gasteiger partial charge in [0.1, 0.15) is 0 Å². The van der Waals surface area contributed by atoms with E-state index in [1.54, 1.807) is 6.92 Å². The molecular weight excluding hydrogens is 135 g/mol. The zero-order valence-corrected chi connectivity index (χ0v) is 7.19. The topological polar surface area (TPSA) is 37.3 Å². The molecular formula is C6H15O2P. The van der Waals surface area contributed by atoms with Crippen LogP contribution in [0.5, 0.6) is 0 Å². The maximum Gasteiger partial charge on any atom is 0.203 e. The van der Waals surface area contributed by atoms with Crippen LogP contribution >= 0.6 is 7.37 Å². The molecule has 0 aliphatic rings. The smallest absolute Gasteiger partial charge is 0.203 e. The third-order valence-electron chi connectivity index (χ3n) is 1.73. The van der Waals surface area contributed by atoms with Crippen molar-refractivity contribution in [3.63, 3.8) is 0 Å². The van der Waals surface area contributed by atoms with Gasteiger partial charge in [0.2, 0.25) is 7.37 Å². The van der Waals surface area contributed by atoms with Gasteiger partial charge in [0.05, 0.1) is 0 Å². The normalized spacial score (nSPS) is 20.9. The molecule has 3 heteroatoms. The minimum absolute atomic E-state index is 0.0255. The summed E-state index contributed by atoms with van der Waals surface area (Å²) in [5.41, 5.74) is -0.0255. The van der Waals surface area contributed by atoms with Crippen molar-refractivity contribution >= 4 is 7.37 Å². The van der Waals surface area contributed by atoms with E-state index in [4.69, 9.17) is 4.89 Å². The molecule has 9 heavy (non-hydrogen) atoms. The maximum absolute atomic E-state index is 11.1. The van der Waals surface area contributed by atoms with Crippen LogP contribution in [-0.4, -0.2) is 16.7 Å². The Morgan fingerprint density at radius 2 is 2.00 bits per heavy atom. The summed E-state index contributed by atoms with van der Waals surface area (Å²) in [6.07, 6.45) is 1.20. The van der Waals surface area contributed by atoms with Gasteiger partial charge in [-0.15, -0.1) is 0 Å². The van der Waals surface area contributed by atoms with Crippen LogP contribution in [0, 0.1) is 0 Å². The Labute approximate surface area is 56.7 Å². The third kappa shape index (κ3) is 2.51. The lowest BCUT2D eigenvalue weighted by atomic mass is 10.4. The van der Waals surface area contributed by atoms with Crippen LogP contribution in [-0.2, 0) is 4.57 Å². The molecule has 2 atom stereocenters. The second-order valence-corrected chi connectivity index (χ2v) is 5.35. The van der Waals surface area contributed by atoms with Gasteiger partial charge >= 0.3 is 0 Å². The van der Waals surface area contributed by atoms with Gasteiger partial charge in [-0.3, -0.25) is 4.57 Å². The lowest BCUT2D eigenvalue weighted by molar-refractivity contribution is 0.465. The van der Waals surface area contributed by atoms with Crippen LogP contribution in [0.1, 0.15) is 27.2 Å². The average Bonchev–Trinajstić information content (AvgIpc) is 1.86. The molecule has 0 aromatic heterocycles. The Morgan fingerprint density at radius 1 is 1.56 bits per heavy atom. The molecule has 0 aliphatic heterocycles. The number of hydrogen-bond donors (Lipinski definition) is 1. The van der Waals surface area contributed by atoms with Crippen molar-refractivity contribution in [1.82, 2.24) is 0 Å². The molecule has 2 unspecified atom stereocenters. The first kappa shape index (κ1) is 9.19. The van der Waals surface area contributed by atoms with E-state index < -0.39 is 7.37 Å². The molecule has 0 radical (unpaired) electrons. The highest BCUT2D eigenvalue weighted by molar-refractivity contribution is 7.58. The maximum atomic E-state index is 11.1. The average molecular weight is 150 g/mol. The molecule has 1 N–H and O–H groups in total. The Hall–Kier alpha value is 0.190. The number of hydrogen-bond acceptors (Lipinski definition) is 1. The summed E-state index contributed by atoms with van der Waals surface area (Å²) in [6.45, 7) is 5.51. The summed E-state index contributed by atoms with van der Waals surface area (Å²) in [7, 11) is -2.76. The summed E-state index contributed by atoms with van der Waals surface area (Å²) in [5, 5.41) is 0. The highest BCUT2D eigenvalue weighted by Gasteiger charge is 2.21. The van der Waals surface area contributed by atoms with Crippen LogP contribution in [0.15, 0.2) is 0 Å². The fourth-order valence-electron chi connectivity index (χ4n) is 0.597. The molecule has 0 aromatic carbocycles. The predicted octanol–water partition coefficient (Wildman–Crippen LogP) is 2.08.